The van der Waals surface area contributed by atoms with E-state index in [2.05, 4.69) is 17.0 Å². The average Bonchev–Trinajstić information content (AvgIpc) is 2.86. The molecule has 2 aromatic rings. The van der Waals surface area contributed by atoms with Crippen LogP contribution in [0.15, 0.2) is 24.5 Å². The summed E-state index contributed by atoms with van der Waals surface area (Å²) in [5, 5.41) is 13.4. The number of aryl methyl sites for hydroxylation is 2. The first-order valence-corrected chi connectivity index (χ1v) is 6.56. The summed E-state index contributed by atoms with van der Waals surface area (Å²) in [5.41, 5.74) is 1.71. The van der Waals surface area contributed by atoms with Gasteiger partial charge in [0, 0.05) is 18.3 Å². The van der Waals surface area contributed by atoms with Gasteiger partial charge in [-0.3, -0.25) is 4.68 Å². The van der Waals surface area contributed by atoms with E-state index in [1.807, 2.05) is 23.9 Å². The number of rotatable bonds is 6. The fraction of sp³-hybridized carbons (Fsp3) is 0.429. The first kappa shape index (κ1) is 13.5. The molecular weight excluding hydrogens is 242 g/mol. The van der Waals surface area contributed by atoms with Crippen LogP contribution < -0.4 is 4.74 Å². The lowest BCUT2D eigenvalue weighted by Crippen LogP contribution is -1.96. The summed E-state index contributed by atoms with van der Waals surface area (Å²) >= 11 is 0. The van der Waals surface area contributed by atoms with Gasteiger partial charge in [0.05, 0.1) is 19.0 Å². The Morgan fingerprint density at radius 1 is 1.32 bits per heavy atom. The Bertz CT molecular complexity index is 515. The number of aliphatic hydroxyl groups is 1. The molecule has 0 bridgehead atoms. The van der Waals surface area contributed by atoms with E-state index in [0.717, 1.165) is 30.6 Å². The van der Waals surface area contributed by atoms with Crippen molar-refractivity contribution in [3.05, 3.63) is 35.8 Å². The summed E-state index contributed by atoms with van der Waals surface area (Å²) < 4.78 is 7.52. The van der Waals surface area contributed by atoms with E-state index in [1.165, 1.54) is 0 Å². The van der Waals surface area contributed by atoms with Gasteiger partial charge in [-0.25, -0.2) is 4.98 Å². The van der Waals surface area contributed by atoms with Crippen molar-refractivity contribution in [3.8, 4) is 11.6 Å². The molecule has 102 valence electrons. The van der Waals surface area contributed by atoms with E-state index in [-0.39, 0.29) is 6.61 Å². The summed E-state index contributed by atoms with van der Waals surface area (Å²) in [4.78, 5) is 4.38. The Balaban J connectivity index is 2.16. The molecule has 0 aliphatic carbocycles. The molecule has 0 unspecified atom stereocenters. The van der Waals surface area contributed by atoms with E-state index >= 15 is 0 Å². The Kier molecular flexibility index (Phi) is 4.52. The topological polar surface area (TPSA) is 60.2 Å². The molecule has 5 heteroatoms. The maximum absolute atomic E-state index is 9.22. The molecule has 5 nitrogen and oxygen atoms in total. The minimum Gasteiger partial charge on any atom is -0.436 e. The first-order chi connectivity index (χ1) is 9.25. The fourth-order valence-electron chi connectivity index (χ4n) is 1.81. The predicted octanol–water partition coefficient (Wildman–Crippen LogP) is 2.54. The Hall–Kier alpha value is -1.88. The normalized spacial score (nSPS) is 10.7. The summed E-state index contributed by atoms with van der Waals surface area (Å²) in [6, 6.07) is 3.63. The predicted molar refractivity (Wildman–Crippen MR) is 72.1 cm³/mol. The SMILES string of the molecule is CCCn1cc(Oc2cc(CO)cc(CC)n2)cn1. The summed E-state index contributed by atoms with van der Waals surface area (Å²) in [6.45, 7) is 4.98. The van der Waals surface area contributed by atoms with Crippen LogP contribution in [0, 0.1) is 0 Å². The number of aliphatic hydroxyl groups excluding tert-OH is 1. The largest absolute Gasteiger partial charge is 0.436 e. The zero-order valence-corrected chi connectivity index (χ0v) is 11.3. The highest BCUT2D eigenvalue weighted by atomic mass is 16.5. The highest BCUT2D eigenvalue weighted by molar-refractivity contribution is 5.28. The molecule has 1 N–H and O–H groups in total. The Morgan fingerprint density at radius 2 is 2.16 bits per heavy atom. The number of hydrogen-bond donors (Lipinski definition) is 1. The zero-order valence-electron chi connectivity index (χ0n) is 11.3. The van der Waals surface area contributed by atoms with Crippen LogP contribution in [0.3, 0.4) is 0 Å². The summed E-state index contributed by atoms with van der Waals surface area (Å²) in [6.07, 6.45) is 5.36. The van der Waals surface area contributed by atoms with Gasteiger partial charge < -0.3 is 9.84 Å². The number of aromatic nitrogens is 3. The van der Waals surface area contributed by atoms with Crippen LogP contribution in [-0.4, -0.2) is 19.9 Å². The zero-order chi connectivity index (χ0) is 13.7. The van der Waals surface area contributed by atoms with Gasteiger partial charge in [-0.15, -0.1) is 0 Å². The maximum Gasteiger partial charge on any atom is 0.219 e. The van der Waals surface area contributed by atoms with Gasteiger partial charge in [0.25, 0.3) is 0 Å². The van der Waals surface area contributed by atoms with Crippen molar-refractivity contribution in [3.63, 3.8) is 0 Å². The second-order valence-electron chi connectivity index (χ2n) is 4.36. The third kappa shape index (κ3) is 3.54. The number of pyridine rings is 1. The average molecular weight is 261 g/mol. The maximum atomic E-state index is 9.22. The quantitative estimate of drug-likeness (QED) is 0.868. The molecule has 0 aliphatic rings. The van der Waals surface area contributed by atoms with Crippen LogP contribution >= 0.6 is 0 Å². The highest BCUT2D eigenvalue weighted by Crippen LogP contribution is 2.21. The van der Waals surface area contributed by atoms with Gasteiger partial charge in [0.2, 0.25) is 5.88 Å². The van der Waals surface area contributed by atoms with Crippen LogP contribution in [0.1, 0.15) is 31.5 Å². The standard InChI is InChI=1S/C14H19N3O2/c1-3-5-17-9-13(8-15-17)19-14-7-11(10-18)6-12(4-2)16-14/h6-9,18H,3-5,10H2,1-2H3. The summed E-state index contributed by atoms with van der Waals surface area (Å²) in [5.74, 6) is 1.16. The molecule has 0 spiro atoms. The van der Waals surface area contributed by atoms with Crippen LogP contribution in [0.2, 0.25) is 0 Å². The van der Waals surface area contributed by atoms with Crippen molar-refractivity contribution in [1.82, 2.24) is 14.8 Å². The van der Waals surface area contributed by atoms with Crippen molar-refractivity contribution in [2.45, 2.75) is 39.8 Å². The van der Waals surface area contributed by atoms with E-state index in [1.54, 1.807) is 12.3 Å². The lowest BCUT2D eigenvalue weighted by molar-refractivity contribution is 0.281. The molecule has 0 saturated heterocycles. The van der Waals surface area contributed by atoms with E-state index in [9.17, 15) is 5.11 Å². The molecule has 19 heavy (non-hydrogen) atoms. The fourth-order valence-corrected chi connectivity index (χ4v) is 1.81. The van der Waals surface area contributed by atoms with Crippen LogP contribution in [-0.2, 0) is 19.6 Å². The van der Waals surface area contributed by atoms with Crippen molar-refractivity contribution in [2.24, 2.45) is 0 Å². The van der Waals surface area contributed by atoms with Gasteiger partial charge in [0.15, 0.2) is 5.75 Å². The van der Waals surface area contributed by atoms with Crippen molar-refractivity contribution >= 4 is 0 Å². The van der Waals surface area contributed by atoms with Crippen molar-refractivity contribution in [2.75, 3.05) is 0 Å². The Labute approximate surface area is 112 Å². The van der Waals surface area contributed by atoms with Crippen molar-refractivity contribution in [1.29, 1.82) is 0 Å². The molecule has 0 aliphatic heterocycles. The third-order valence-electron chi connectivity index (χ3n) is 2.74. The minimum absolute atomic E-state index is 0.0129. The number of nitrogens with zero attached hydrogens (tertiary/aromatic N) is 3. The highest BCUT2D eigenvalue weighted by Gasteiger charge is 2.05. The van der Waals surface area contributed by atoms with E-state index in [0.29, 0.717) is 11.6 Å². The van der Waals surface area contributed by atoms with Gasteiger partial charge in [-0.2, -0.15) is 5.10 Å². The number of hydrogen-bond acceptors (Lipinski definition) is 4. The minimum atomic E-state index is -0.0129. The number of ether oxygens (including phenoxy) is 1. The molecule has 0 atom stereocenters. The second-order valence-corrected chi connectivity index (χ2v) is 4.36. The van der Waals surface area contributed by atoms with Gasteiger partial charge >= 0.3 is 0 Å². The van der Waals surface area contributed by atoms with Crippen LogP contribution in [0.5, 0.6) is 11.6 Å². The van der Waals surface area contributed by atoms with E-state index < -0.39 is 0 Å². The molecular formula is C14H19N3O2. The monoisotopic (exact) mass is 261 g/mol. The molecule has 0 amide bonds. The molecule has 0 fully saturated rings. The molecule has 2 aromatic heterocycles. The lowest BCUT2D eigenvalue weighted by Gasteiger charge is -2.06. The van der Waals surface area contributed by atoms with Crippen LogP contribution in [0.4, 0.5) is 0 Å². The lowest BCUT2D eigenvalue weighted by atomic mass is 10.2. The molecule has 0 radical (unpaired) electrons. The second kappa shape index (κ2) is 6.33. The first-order valence-electron chi connectivity index (χ1n) is 6.56. The van der Waals surface area contributed by atoms with Crippen LogP contribution in [0.25, 0.3) is 0 Å². The smallest absolute Gasteiger partial charge is 0.219 e. The molecule has 2 heterocycles. The van der Waals surface area contributed by atoms with Crippen molar-refractivity contribution < 1.29 is 9.84 Å². The van der Waals surface area contributed by atoms with Gasteiger partial charge in [0.1, 0.15) is 0 Å². The summed E-state index contributed by atoms with van der Waals surface area (Å²) in [7, 11) is 0. The van der Waals surface area contributed by atoms with Gasteiger partial charge in [-0.05, 0) is 24.5 Å². The van der Waals surface area contributed by atoms with E-state index in [4.69, 9.17) is 4.74 Å². The molecule has 0 saturated carbocycles. The molecule has 0 aromatic carbocycles. The third-order valence-corrected chi connectivity index (χ3v) is 2.74. The van der Waals surface area contributed by atoms with Gasteiger partial charge in [-0.1, -0.05) is 13.8 Å². The Morgan fingerprint density at radius 3 is 2.84 bits per heavy atom. The molecule has 2 rings (SSSR count).